The average Bonchev–Trinajstić information content (AvgIpc) is 2.77. The minimum Gasteiger partial charge on any atom is -0.497 e. The summed E-state index contributed by atoms with van der Waals surface area (Å²) in [6, 6.07) is 24.3. The first-order chi connectivity index (χ1) is 14.0. The van der Waals surface area contributed by atoms with Crippen LogP contribution in [0.4, 0.5) is 11.4 Å². The van der Waals surface area contributed by atoms with E-state index in [0.29, 0.717) is 10.6 Å². The SMILES string of the molecule is C=C(C(=O)OC)C(c1cccc(Cl)c1)N(c1ccccc1)c1ccc(OC)cc1. The fourth-order valence-corrected chi connectivity index (χ4v) is 3.40. The van der Waals surface area contributed by atoms with Crippen molar-refractivity contribution in [2.45, 2.75) is 6.04 Å². The number of ether oxygens (including phenoxy) is 2. The number of carbonyl (C=O) groups excluding carboxylic acids is 1. The number of nitrogens with zero attached hydrogens (tertiary/aromatic N) is 1. The van der Waals surface area contributed by atoms with Gasteiger partial charge in [-0.2, -0.15) is 0 Å². The molecule has 3 rings (SSSR count). The number of para-hydroxylation sites is 1. The number of methoxy groups -OCH3 is 2. The number of halogens is 1. The maximum absolute atomic E-state index is 12.5. The average molecular weight is 408 g/mol. The van der Waals surface area contributed by atoms with E-state index in [-0.39, 0.29) is 0 Å². The summed E-state index contributed by atoms with van der Waals surface area (Å²) in [6.07, 6.45) is 0. The van der Waals surface area contributed by atoms with Crippen LogP contribution in [0.3, 0.4) is 0 Å². The minimum atomic E-state index is -0.517. The Morgan fingerprint density at radius 2 is 1.59 bits per heavy atom. The van der Waals surface area contributed by atoms with Crippen molar-refractivity contribution in [3.8, 4) is 5.75 Å². The van der Waals surface area contributed by atoms with Gasteiger partial charge in [0, 0.05) is 16.4 Å². The molecule has 0 amide bonds. The monoisotopic (exact) mass is 407 g/mol. The quantitative estimate of drug-likeness (QED) is 0.358. The van der Waals surface area contributed by atoms with Crippen LogP contribution in [0.2, 0.25) is 5.02 Å². The summed E-state index contributed by atoms with van der Waals surface area (Å²) in [6.45, 7) is 4.05. The number of anilines is 2. The van der Waals surface area contributed by atoms with E-state index in [4.69, 9.17) is 21.1 Å². The Kier molecular flexibility index (Phi) is 6.57. The molecule has 5 heteroatoms. The van der Waals surface area contributed by atoms with E-state index in [0.717, 1.165) is 22.7 Å². The lowest BCUT2D eigenvalue weighted by Crippen LogP contribution is -2.28. The third kappa shape index (κ3) is 4.61. The molecule has 0 aliphatic carbocycles. The molecule has 0 aliphatic rings. The predicted octanol–water partition coefficient (Wildman–Crippen LogP) is 5.96. The maximum atomic E-state index is 12.5. The maximum Gasteiger partial charge on any atom is 0.335 e. The molecule has 3 aromatic rings. The van der Waals surface area contributed by atoms with Crippen molar-refractivity contribution in [1.29, 1.82) is 0 Å². The highest BCUT2D eigenvalue weighted by Crippen LogP contribution is 2.40. The lowest BCUT2D eigenvalue weighted by molar-refractivity contribution is -0.136. The summed E-state index contributed by atoms with van der Waals surface area (Å²) in [7, 11) is 2.97. The van der Waals surface area contributed by atoms with Crippen molar-refractivity contribution in [3.05, 3.63) is 102 Å². The standard InChI is InChI=1S/C24H22ClNO3/c1-17(24(27)29-3)23(18-8-7-9-19(25)16-18)26(20-10-5-4-6-11-20)21-12-14-22(28-2)15-13-21/h4-16,23H,1H2,2-3H3. The fourth-order valence-electron chi connectivity index (χ4n) is 3.20. The third-order valence-corrected chi connectivity index (χ3v) is 4.82. The molecule has 0 aromatic heterocycles. The van der Waals surface area contributed by atoms with Gasteiger partial charge in [0.05, 0.1) is 25.8 Å². The van der Waals surface area contributed by atoms with E-state index in [1.165, 1.54) is 7.11 Å². The topological polar surface area (TPSA) is 38.8 Å². The van der Waals surface area contributed by atoms with Crippen molar-refractivity contribution in [1.82, 2.24) is 0 Å². The largest absolute Gasteiger partial charge is 0.497 e. The number of rotatable bonds is 7. The molecule has 1 atom stereocenters. The Balaban J connectivity index is 2.21. The zero-order valence-corrected chi connectivity index (χ0v) is 17.1. The molecule has 0 fully saturated rings. The van der Waals surface area contributed by atoms with Crippen LogP contribution in [0.5, 0.6) is 5.75 Å². The molecule has 29 heavy (non-hydrogen) atoms. The van der Waals surface area contributed by atoms with Crippen molar-refractivity contribution in [3.63, 3.8) is 0 Å². The number of esters is 1. The van der Waals surface area contributed by atoms with Crippen molar-refractivity contribution in [2.24, 2.45) is 0 Å². The van der Waals surface area contributed by atoms with Crippen LogP contribution in [0.25, 0.3) is 0 Å². The van der Waals surface area contributed by atoms with Crippen molar-refractivity contribution >= 4 is 28.9 Å². The number of carbonyl (C=O) groups is 1. The zero-order chi connectivity index (χ0) is 20.8. The first-order valence-electron chi connectivity index (χ1n) is 9.06. The molecule has 148 valence electrons. The van der Waals surface area contributed by atoms with Gasteiger partial charge in [0.1, 0.15) is 5.75 Å². The van der Waals surface area contributed by atoms with Crippen LogP contribution in [0.1, 0.15) is 11.6 Å². The van der Waals surface area contributed by atoms with Crippen molar-refractivity contribution in [2.75, 3.05) is 19.1 Å². The van der Waals surface area contributed by atoms with Gasteiger partial charge in [-0.3, -0.25) is 0 Å². The van der Waals surface area contributed by atoms with Gasteiger partial charge in [0.2, 0.25) is 0 Å². The van der Waals surface area contributed by atoms with Crippen LogP contribution in [-0.2, 0) is 9.53 Å². The van der Waals surface area contributed by atoms with Gasteiger partial charge in [-0.15, -0.1) is 0 Å². The highest BCUT2D eigenvalue weighted by atomic mass is 35.5. The molecule has 0 aliphatic heterocycles. The Hall–Kier alpha value is -3.24. The molecule has 0 spiro atoms. The van der Waals surface area contributed by atoms with E-state index >= 15 is 0 Å². The molecule has 4 nitrogen and oxygen atoms in total. The second-order valence-electron chi connectivity index (χ2n) is 6.38. The van der Waals surface area contributed by atoms with E-state index in [9.17, 15) is 4.79 Å². The smallest absolute Gasteiger partial charge is 0.335 e. The molecule has 0 saturated carbocycles. The van der Waals surface area contributed by atoms with E-state index in [1.54, 1.807) is 13.2 Å². The summed E-state index contributed by atoms with van der Waals surface area (Å²) in [5.74, 6) is 0.261. The zero-order valence-electron chi connectivity index (χ0n) is 16.3. The highest BCUT2D eigenvalue weighted by molar-refractivity contribution is 6.30. The van der Waals surface area contributed by atoms with Gasteiger partial charge < -0.3 is 14.4 Å². The van der Waals surface area contributed by atoms with Crippen LogP contribution in [0, 0.1) is 0 Å². The lowest BCUT2D eigenvalue weighted by atomic mass is 9.96. The predicted molar refractivity (Wildman–Crippen MR) is 117 cm³/mol. The van der Waals surface area contributed by atoms with E-state index in [2.05, 4.69) is 6.58 Å². The molecule has 3 aromatic carbocycles. The Morgan fingerprint density at radius 1 is 0.931 bits per heavy atom. The number of hydrogen-bond acceptors (Lipinski definition) is 4. The summed E-state index contributed by atoms with van der Waals surface area (Å²) < 4.78 is 10.3. The molecule has 1 unspecified atom stereocenters. The highest BCUT2D eigenvalue weighted by Gasteiger charge is 2.29. The van der Waals surface area contributed by atoms with Gasteiger partial charge in [0.25, 0.3) is 0 Å². The fraction of sp³-hybridized carbons (Fsp3) is 0.125. The van der Waals surface area contributed by atoms with Crippen LogP contribution >= 0.6 is 11.6 Å². The van der Waals surface area contributed by atoms with Crippen LogP contribution < -0.4 is 9.64 Å². The van der Waals surface area contributed by atoms with Gasteiger partial charge in [-0.25, -0.2) is 4.79 Å². The molecule has 0 radical (unpaired) electrons. The summed E-state index contributed by atoms with van der Waals surface area (Å²) in [5, 5.41) is 0.577. The van der Waals surface area contributed by atoms with E-state index in [1.807, 2.05) is 77.7 Å². The summed E-state index contributed by atoms with van der Waals surface area (Å²) in [4.78, 5) is 14.5. The second-order valence-corrected chi connectivity index (χ2v) is 6.81. The lowest BCUT2D eigenvalue weighted by Gasteiger charge is -2.35. The number of benzene rings is 3. The van der Waals surface area contributed by atoms with Crippen molar-refractivity contribution < 1.29 is 14.3 Å². The molecular weight excluding hydrogens is 386 g/mol. The third-order valence-electron chi connectivity index (χ3n) is 4.59. The van der Waals surface area contributed by atoms with Gasteiger partial charge >= 0.3 is 5.97 Å². The Bertz CT molecular complexity index is 987. The number of hydrogen-bond donors (Lipinski definition) is 0. The van der Waals surface area contributed by atoms with Gasteiger partial charge in [0.15, 0.2) is 0 Å². The normalized spacial score (nSPS) is 11.4. The molecule has 0 saturated heterocycles. The van der Waals surface area contributed by atoms with E-state index < -0.39 is 12.0 Å². The first-order valence-corrected chi connectivity index (χ1v) is 9.44. The van der Waals surface area contributed by atoms with Gasteiger partial charge in [-0.1, -0.05) is 48.5 Å². The van der Waals surface area contributed by atoms with Crippen LogP contribution in [-0.4, -0.2) is 20.2 Å². The molecular formula is C24H22ClNO3. The Morgan fingerprint density at radius 3 is 2.17 bits per heavy atom. The summed E-state index contributed by atoms with van der Waals surface area (Å²) in [5.41, 5.74) is 2.89. The summed E-state index contributed by atoms with van der Waals surface area (Å²) >= 11 is 6.26. The Labute approximate surface area is 175 Å². The molecule has 0 bridgehead atoms. The first kappa shape index (κ1) is 20.5. The molecule has 0 heterocycles. The van der Waals surface area contributed by atoms with Gasteiger partial charge in [-0.05, 0) is 54.1 Å². The van der Waals surface area contributed by atoms with Crippen LogP contribution in [0.15, 0.2) is 91.0 Å². The molecule has 0 N–H and O–H groups in total. The second kappa shape index (κ2) is 9.30. The minimum absolute atomic E-state index is 0.300.